The summed E-state index contributed by atoms with van der Waals surface area (Å²) in [4.78, 5) is 29.8. The van der Waals surface area contributed by atoms with Gasteiger partial charge in [0.25, 0.3) is 11.8 Å². The average molecular weight is 334 g/mol. The van der Waals surface area contributed by atoms with Crippen molar-refractivity contribution in [2.24, 2.45) is 0 Å². The molecule has 0 saturated carbocycles. The Kier molecular flexibility index (Phi) is 3.39. The molecule has 2 heterocycles. The molecule has 1 aromatic heterocycles. The summed E-state index contributed by atoms with van der Waals surface area (Å²) in [6.07, 6.45) is 0. The zero-order chi connectivity index (χ0) is 17.7. The van der Waals surface area contributed by atoms with Crippen LogP contribution in [0.4, 0.5) is 0 Å². The third-order valence-electron chi connectivity index (χ3n) is 4.92. The van der Waals surface area contributed by atoms with Crippen LogP contribution in [-0.4, -0.2) is 28.8 Å². The van der Waals surface area contributed by atoms with Crippen LogP contribution >= 0.6 is 0 Å². The van der Waals surface area contributed by atoms with E-state index in [1.165, 1.54) is 10.5 Å². The number of aromatic amines is 1. The SMILES string of the molecule is COc1cc2c(C)c(C)[nH]c2cc1CN1C(=O)c2ccccc2C1=O. The Hall–Kier alpha value is -3.08. The normalized spacial score (nSPS) is 13.6. The molecule has 0 fully saturated rings. The second kappa shape index (κ2) is 5.48. The molecule has 3 aromatic rings. The maximum atomic E-state index is 12.6. The molecule has 0 spiro atoms. The van der Waals surface area contributed by atoms with Gasteiger partial charge in [-0.05, 0) is 43.7 Å². The largest absolute Gasteiger partial charge is 0.496 e. The number of imide groups is 1. The number of aromatic nitrogens is 1. The minimum Gasteiger partial charge on any atom is -0.496 e. The first kappa shape index (κ1) is 15.4. The predicted octanol–water partition coefficient (Wildman–Crippen LogP) is 3.59. The van der Waals surface area contributed by atoms with Gasteiger partial charge in [0.15, 0.2) is 0 Å². The van der Waals surface area contributed by atoms with Crippen molar-refractivity contribution in [1.82, 2.24) is 9.88 Å². The molecule has 0 saturated heterocycles. The Morgan fingerprint density at radius 1 is 1.04 bits per heavy atom. The van der Waals surface area contributed by atoms with Crippen molar-refractivity contribution in [3.63, 3.8) is 0 Å². The van der Waals surface area contributed by atoms with Crippen LogP contribution < -0.4 is 4.74 Å². The minimum absolute atomic E-state index is 0.183. The van der Waals surface area contributed by atoms with Crippen molar-refractivity contribution in [3.8, 4) is 5.75 Å². The second-order valence-electron chi connectivity index (χ2n) is 6.33. The first-order chi connectivity index (χ1) is 12.0. The molecular formula is C20H18N2O3. The molecule has 4 rings (SSSR count). The van der Waals surface area contributed by atoms with E-state index in [1.54, 1.807) is 31.4 Å². The monoisotopic (exact) mass is 334 g/mol. The highest BCUT2D eigenvalue weighted by Gasteiger charge is 2.35. The number of carbonyl (C=O) groups excluding carboxylic acids is 2. The number of rotatable bonds is 3. The Morgan fingerprint density at radius 3 is 2.28 bits per heavy atom. The molecule has 0 atom stereocenters. The molecule has 2 aromatic carbocycles. The lowest BCUT2D eigenvalue weighted by Crippen LogP contribution is -2.29. The first-order valence-corrected chi connectivity index (χ1v) is 8.12. The highest BCUT2D eigenvalue weighted by Crippen LogP contribution is 2.32. The quantitative estimate of drug-likeness (QED) is 0.745. The van der Waals surface area contributed by atoms with E-state index in [9.17, 15) is 9.59 Å². The Balaban J connectivity index is 1.76. The standard InChI is InChI=1S/C20H18N2O3/c1-11-12(2)21-17-8-13(18(25-3)9-16(11)17)10-22-19(23)14-6-4-5-7-15(14)20(22)24/h4-9,21H,10H2,1-3H3. The number of aryl methyl sites for hydroxylation is 2. The van der Waals surface area contributed by atoms with Crippen molar-refractivity contribution >= 4 is 22.7 Å². The van der Waals surface area contributed by atoms with E-state index in [2.05, 4.69) is 11.9 Å². The summed E-state index contributed by atoms with van der Waals surface area (Å²) in [6, 6.07) is 10.8. The zero-order valence-electron chi connectivity index (χ0n) is 14.3. The van der Waals surface area contributed by atoms with E-state index in [0.29, 0.717) is 16.9 Å². The van der Waals surface area contributed by atoms with Gasteiger partial charge in [0.2, 0.25) is 0 Å². The first-order valence-electron chi connectivity index (χ1n) is 8.12. The number of methoxy groups -OCH3 is 1. The number of fused-ring (bicyclic) bond motifs is 2. The fourth-order valence-electron chi connectivity index (χ4n) is 3.40. The van der Waals surface area contributed by atoms with Crippen molar-refractivity contribution < 1.29 is 14.3 Å². The lowest BCUT2D eigenvalue weighted by atomic mass is 10.1. The van der Waals surface area contributed by atoms with Crippen LogP contribution in [0, 0.1) is 13.8 Å². The number of nitrogens with one attached hydrogen (secondary N) is 1. The molecule has 5 nitrogen and oxygen atoms in total. The van der Waals surface area contributed by atoms with Gasteiger partial charge in [0, 0.05) is 22.2 Å². The Bertz CT molecular complexity index is 998. The van der Waals surface area contributed by atoms with E-state index < -0.39 is 0 Å². The molecule has 25 heavy (non-hydrogen) atoms. The van der Waals surface area contributed by atoms with Crippen molar-refractivity contribution in [1.29, 1.82) is 0 Å². The number of H-pyrrole nitrogens is 1. The van der Waals surface area contributed by atoms with Crippen LogP contribution in [0.15, 0.2) is 36.4 Å². The van der Waals surface area contributed by atoms with Gasteiger partial charge in [0.05, 0.1) is 24.8 Å². The van der Waals surface area contributed by atoms with Crippen LogP contribution in [0.5, 0.6) is 5.75 Å². The van der Waals surface area contributed by atoms with E-state index in [-0.39, 0.29) is 18.4 Å². The minimum atomic E-state index is -0.262. The van der Waals surface area contributed by atoms with Gasteiger partial charge in [-0.1, -0.05) is 12.1 Å². The summed E-state index contributed by atoms with van der Waals surface area (Å²) in [5.74, 6) is 0.148. The molecule has 0 bridgehead atoms. The predicted molar refractivity (Wildman–Crippen MR) is 95.0 cm³/mol. The maximum Gasteiger partial charge on any atom is 0.261 e. The van der Waals surface area contributed by atoms with Gasteiger partial charge in [0.1, 0.15) is 5.75 Å². The van der Waals surface area contributed by atoms with Crippen LogP contribution in [0.1, 0.15) is 37.5 Å². The van der Waals surface area contributed by atoms with Gasteiger partial charge in [-0.3, -0.25) is 14.5 Å². The summed E-state index contributed by atoms with van der Waals surface area (Å²) in [5, 5.41) is 1.08. The van der Waals surface area contributed by atoms with Crippen molar-refractivity contribution in [2.75, 3.05) is 7.11 Å². The average Bonchev–Trinajstić information content (AvgIpc) is 3.03. The Labute approximate surface area is 145 Å². The van der Waals surface area contributed by atoms with E-state index >= 15 is 0 Å². The van der Waals surface area contributed by atoms with E-state index in [4.69, 9.17) is 4.74 Å². The maximum absolute atomic E-state index is 12.6. The van der Waals surface area contributed by atoms with Gasteiger partial charge in [-0.2, -0.15) is 0 Å². The summed E-state index contributed by atoms with van der Waals surface area (Å²) in [5.41, 5.74) is 4.95. The summed E-state index contributed by atoms with van der Waals surface area (Å²) in [6.45, 7) is 4.26. The highest BCUT2D eigenvalue weighted by atomic mass is 16.5. The van der Waals surface area contributed by atoms with Gasteiger partial charge >= 0.3 is 0 Å². The van der Waals surface area contributed by atoms with Crippen LogP contribution in [0.2, 0.25) is 0 Å². The number of hydrogen-bond donors (Lipinski definition) is 1. The van der Waals surface area contributed by atoms with Crippen LogP contribution in [0.25, 0.3) is 10.9 Å². The number of hydrogen-bond acceptors (Lipinski definition) is 3. The van der Waals surface area contributed by atoms with E-state index in [1.807, 2.05) is 19.1 Å². The molecular weight excluding hydrogens is 316 g/mol. The lowest BCUT2D eigenvalue weighted by molar-refractivity contribution is 0.0641. The number of nitrogens with zero attached hydrogens (tertiary/aromatic N) is 1. The summed E-state index contributed by atoms with van der Waals surface area (Å²) in [7, 11) is 1.60. The fraction of sp³-hybridized carbons (Fsp3) is 0.200. The van der Waals surface area contributed by atoms with Crippen LogP contribution in [0.3, 0.4) is 0 Å². The highest BCUT2D eigenvalue weighted by molar-refractivity contribution is 6.21. The molecule has 1 N–H and O–H groups in total. The topological polar surface area (TPSA) is 62.4 Å². The Morgan fingerprint density at radius 2 is 1.68 bits per heavy atom. The lowest BCUT2D eigenvalue weighted by Gasteiger charge is -2.16. The fourth-order valence-corrected chi connectivity index (χ4v) is 3.40. The molecule has 0 aliphatic carbocycles. The summed E-state index contributed by atoms with van der Waals surface area (Å²) >= 11 is 0. The smallest absolute Gasteiger partial charge is 0.261 e. The zero-order valence-corrected chi connectivity index (χ0v) is 14.3. The number of benzene rings is 2. The second-order valence-corrected chi connectivity index (χ2v) is 6.33. The molecule has 0 radical (unpaired) electrons. The van der Waals surface area contributed by atoms with Gasteiger partial charge < -0.3 is 9.72 Å². The molecule has 126 valence electrons. The van der Waals surface area contributed by atoms with Gasteiger partial charge in [-0.25, -0.2) is 0 Å². The molecule has 0 unspecified atom stereocenters. The number of ether oxygens (including phenoxy) is 1. The number of amides is 2. The molecule has 1 aliphatic heterocycles. The summed E-state index contributed by atoms with van der Waals surface area (Å²) < 4.78 is 5.51. The molecule has 5 heteroatoms. The van der Waals surface area contributed by atoms with E-state index in [0.717, 1.165) is 22.2 Å². The number of carbonyl (C=O) groups is 2. The third-order valence-corrected chi connectivity index (χ3v) is 4.92. The third kappa shape index (κ3) is 2.23. The molecule has 1 aliphatic rings. The molecule has 2 amide bonds. The van der Waals surface area contributed by atoms with Crippen molar-refractivity contribution in [3.05, 3.63) is 64.3 Å². The van der Waals surface area contributed by atoms with Gasteiger partial charge in [-0.15, -0.1) is 0 Å². The van der Waals surface area contributed by atoms with Crippen molar-refractivity contribution in [2.45, 2.75) is 20.4 Å². The van der Waals surface area contributed by atoms with Crippen LogP contribution in [-0.2, 0) is 6.54 Å².